The fourth-order valence-electron chi connectivity index (χ4n) is 2.62. The first-order chi connectivity index (χ1) is 9.26. The Morgan fingerprint density at radius 1 is 1.40 bits per heavy atom. The van der Waals surface area contributed by atoms with E-state index in [4.69, 9.17) is 4.74 Å². The summed E-state index contributed by atoms with van der Waals surface area (Å²) < 4.78 is 18.8. The molecule has 1 atom stereocenters. The van der Waals surface area contributed by atoms with Crippen LogP contribution in [0.2, 0.25) is 0 Å². The Morgan fingerprint density at radius 2 is 2.10 bits per heavy atom. The van der Waals surface area contributed by atoms with Gasteiger partial charge in [0.1, 0.15) is 11.6 Å². The van der Waals surface area contributed by atoms with Gasteiger partial charge in [0, 0.05) is 44.4 Å². The van der Waals surface area contributed by atoms with E-state index in [0.29, 0.717) is 12.2 Å². The fourth-order valence-corrected chi connectivity index (χ4v) is 2.62. The number of nitrogens with one attached hydrogen (secondary N) is 1. The molecule has 0 spiro atoms. The Bertz CT molecular complexity index is 414. The van der Waals surface area contributed by atoms with E-state index in [2.05, 4.69) is 10.2 Å². The van der Waals surface area contributed by atoms with E-state index in [1.807, 2.05) is 0 Å². The van der Waals surface area contributed by atoms with Gasteiger partial charge in [-0.05, 0) is 24.6 Å². The maximum atomic E-state index is 13.5. The summed E-state index contributed by atoms with van der Waals surface area (Å²) in [5.74, 6) is 0.409. The minimum Gasteiger partial charge on any atom is -0.496 e. The maximum absolute atomic E-state index is 13.5. The van der Waals surface area contributed by atoms with Gasteiger partial charge in [0.25, 0.3) is 0 Å². The summed E-state index contributed by atoms with van der Waals surface area (Å²) >= 11 is 0. The summed E-state index contributed by atoms with van der Waals surface area (Å²) in [5.41, 5.74) is 0.818. The molecule has 1 saturated heterocycles. The predicted molar refractivity (Wildman–Crippen MR) is 79.1 cm³/mol. The van der Waals surface area contributed by atoms with Crippen LogP contribution < -0.4 is 10.1 Å². The van der Waals surface area contributed by atoms with Crippen molar-refractivity contribution < 1.29 is 14.2 Å². The van der Waals surface area contributed by atoms with Crippen molar-refractivity contribution in [2.24, 2.45) is 0 Å². The summed E-state index contributed by atoms with van der Waals surface area (Å²) in [5, 5.41) is 12.6. The van der Waals surface area contributed by atoms with Gasteiger partial charge in [0.15, 0.2) is 0 Å². The molecule has 2 N–H and O–H groups in total. The highest BCUT2D eigenvalue weighted by Gasteiger charge is 2.24. The van der Waals surface area contributed by atoms with Crippen molar-refractivity contribution in [2.75, 3.05) is 39.9 Å². The fraction of sp³-hybridized carbons (Fsp3) is 0.571. The first-order valence-electron chi connectivity index (χ1n) is 6.65. The van der Waals surface area contributed by atoms with Crippen LogP contribution in [0.3, 0.4) is 0 Å². The number of nitrogens with zero attached hydrogens (tertiary/aromatic N) is 1. The van der Waals surface area contributed by atoms with Gasteiger partial charge in [-0.3, -0.25) is 4.90 Å². The third kappa shape index (κ3) is 4.06. The van der Waals surface area contributed by atoms with Gasteiger partial charge >= 0.3 is 0 Å². The number of ether oxygens (including phenoxy) is 1. The van der Waals surface area contributed by atoms with Crippen molar-refractivity contribution in [1.29, 1.82) is 0 Å². The highest BCUT2D eigenvalue weighted by atomic mass is 35.5. The number of aliphatic hydroxyl groups is 1. The number of aliphatic hydroxyl groups excluding tert-OH is 1. The number of piperazine rings is 1. The van der Waals surface area contributed by atoms with E-state index in [1.54, 1.807) is 13.2 Å². The molecule has 0 saturated carbocycles. The molecule has 0 aliphatic carbocycles. The second-order valence-electron chi connectivity index (χ2n) is 4.70. The molecule has 1 fully saturated rings. The van der Waals surface area contributed by atoms with E-state index < -0.39 is 0 Å². The van der Waals surface area contributed by atoms with Crippen LogP contribution in [0.25, 0.3) is 0 Å². The van der Waals surface area contributed by atoms with E-state index in [1.165, 1.54) is 12.1 Å². The van der Waals surface area contributed by atoms with Gasteiger partial charge in [-0.25, -0.2) is 4.39 Å². The highest BCUT2D eigenvalue weighted by Crippen LogP contribution is 2.32. The van der Waals surface area contributed by atoms with Crippen LogP contribution in [0.1, 0.15) is 18.0 Å². The topological polar surface area (TPSA) is 44.7 Å². The molecule has 1 aliphatic heterocycles. The van der Waals surface area contributed by atoms with Crippen molar-refractivity contribution in [3.05, 3.63) is 29.6 Å². The monoisotopic (exact) mass is 304 g/mol. The molecule has 1 heterocycles. The number of hydrogen-bond donors (Lipinski definition) is 2. The number of methoxy groups -OCH3 is 1. The van der Waals surface area contributed by atoms with Crippen LogP contribution in [0.4, 0.5) is 4.39 Å². The summed E-state index contributed by atoms with van der Waals surface area (Å²) in [4.78, 5) is 2.27. The zero-order valence-corrected chi connectivity index (χ0v) is 12.5. The molecular formula is C14H22ClFN2O2. The lowest BCUT2D eigenvalue weighted by Gasteiger charge is -2.35. The van der Waals surface area contributed by atoms with Crippen LogP contribution in [-0.2, 0) is 0 Å². The lowest BCUT2D eigenvalue weighted by molar-refractivity contribution is 0.138. The van der Waals surface area contributed by atoms with Crippen molar-refractivity contribution in [3.63, 3.8) is 0 Å². The van der Waals surface area contributed by atoms with Crippen molar-refractivity contribution in [3.8, 4) is 5.75 Å². The van der Waals surface area contributed by atoms with Gasteiger partial charge < -0.3 is 15.2 Å². The predicted octanol–water partition coefficient (Wildman–Crippen LogP) is 1.58. The third-order valence-corrected chi connectivity index (χ3v) is 3.55. The number of halogens is 2. The second-order valence-corrected chi connectivity index (χ2v) is 4.70. The molecular weight excluding hydrogens is 283 g/mol. The Balaban J connectivity index is 0.00000200. The first-order valence-corrected chi connectivity index (χ1v) is 6.65. The quantitative estimate of drug-likeness (QED) is 0.867. The first kappa shape index (κ1) is 17.2. The van der Waals surface area contributed by atoms with Gasteiger partial charge in [-0.1, -0.05) is 0 Å². The molecule has 1 aliphatic rings. The van der Waals surface area contributed by atoms with Crippen molar-refractivity contribution in [1.82, 2.24) is 10.2 Å². The standard InChI is InChI=1S/C14H21FN2O2.ClH/c1-19-14-3-2-11(15)10-12(14)13(4-9-18)17-7-5-16-6-8-17;/h2-3,10,13,16,18H,4-9H2,1H3;1H/t13-;/m0./s1. The number of benzene rings is 1. The van der Waals surface area contributed by atoms with Crippen molar-refractivity contribution in [2.45, 2.75) is 12.5 Å². The van der Waals surface area contributed by atoms with Gasteiger partial charge in [0.05, 0.1) is 7.11 Å². The van der Waals surface area contributed by atoms with Crippen LogP contribution >= 0.6 is 12.4 Å². The molecule has 0 radical (unpaired) electrons. The van der Waals surface area contributed by atoms with E-state index in [-0.39, 0.29) is 30.9 Å². The molecule has 1 aromatic rings. The molecule has 0 unspecified atom stereocenters. The normalized spacial score (nSPS) is 17.4. The Morgan fingerprint density at radius 3 is 2.70 bits per heavy atom. The molecule has 114 valence electrons. The molecule has 1 aromatic carbocycles. The molecule has 2 rings (SSSR count). The van der Waals surface area contributed by atoms with Crippen molar-refractivity contribution >= 4 is 12.4 Å². The Kier molecular flexibility index (Phi) is 7.23. The molecule has 20 heavy (non-hydrogen) atoms. The summed E-state index contributed by atoms with van der Waals surface area (Å²) in [6, 6.07) is 4.56. The smallest absolute Gasteiger partial charge is 0.123 e. The zero-order valence-electron chi connectivity index (χ0n) is 11.6. The van der Waals surface area contributed by atoms with Crippen LogP contribution in [0.15, 0.2) is 18.2 Å². The minimum atomic E-state index is -0.270. The molecule has 0 amide bonds. The van der Waals surface area contributed by atoms with Crippen LogP contribution in [0.5, 0.6) is 5.75 Å². The number of rotatable bonds is 5. The minimum absolute atomic E-state index is 0. The number of hydrogen-bond acceptors (Lipinski definition) is 4. The third-order valence-electron chi connectivity index (χ3n) is 3.55. The molecule has 6 heteroatoms. The second kappa shape index (κ2) is 8.42. The molecule has 4 nitrogen and oxygen atoms in total. The largest absolute Gasteiger partial charge is 0.496 e. The summed E-state index contributed by atoms with van der Waals surface area (Å²) in [6.45, 7) is 3.70. The Labute approximate surface area is 125 Å². The van der Waals surface area contributed by atoms with Crippen LogP contribution in [-0.4, -0.2) is 49.9 Å². The molecule has 0 bridgehead atoms. The summed E-state index contributed by atoms with van der Waals surface area (Å²) in [7, 11) is 1.59. The van der Waals surface area contributed by atoms with Gasteiger partial charge in [-0.2, -0.15) is 0 Å². The highest BCUT2D eigenvalue weighted by molar-refractivity contribution is 5.85. The van der Waals surface area contributed by atoms with Gasteiger partial charge in [0.2, 0.25) is 0 Å². The average Bonchev–Trinajstić information content (AvgIpc) is 2.45. The van der Waals surface area contributed by atoms with Gasteiger partial charge in [-0.15, -0.1) is 12.4 Å². The maximum Gasteiger partial charge on any atom is 0.123 e. The Hall–Kier alpha value is -0.880. The van der Waals surface area contributed by atoms with E-state index in [9.17, 15) is 9.50 Å². The SMILES string of the molecule is COc1ccc(F)cc1[C@H](CCO)N1CCNCC1.Cl. The average molecular weight is 305 g/mol. The van der Waals surface area contributed by atoms with Crippen LogP contribution in [0, 0.1) is 5.82 Å². The van der Waals surface area contributed by atoms with E-state index in [0.717, 1.165) is 31.7 Å². The summed E-state index contributed by atoms with van der Waals surface area (Å²) in [6.07, 6.45) is 0.583. The van der Waals surface area contributed by atoms with E-state index >= 15 is 0 Å². The lowest BCUT2D eigenvalue weighted by Crippen LogP contribution is -2.45. The zero-order chi connectivity index (χ0) is 13.7. The lowest BCUT2D eigenvalue weighted by atomic mass is 10.00. The molecule has 0 aromatic heterocycles.